The van der Waals surface area contributed by atoms with Crippen LogP contribution >= 0.6 is 23.8 Å². The average Bonchev–Trinajstić information content (AvgIpc) is 2.69. The number of carbonyl (C=O) groups excluding carboxylic acids is 1. The van der Waals surface area contributed by atoms with E-state index in [0.29, 0.717) is 29.7 Å². The van der Waals surface area contributed by atoms with Gasteiger partial charge >= 0.3 is 0 Å². The Morgan fingerprint density at radius 2 is 1.85 bits per heavy atom. The molecule has 136 valence electrons. The van der Waals surface area contributed by atoms with Crippen LogP contribution in [-0.4, -0.2) is 48.7 Å². The van der Waals surface area contributed by atoms with Crippen molar-refractivity contribution in [2.75, 3.05) is 38.2 Å². The van der Waals surface area contributed by atoms with Gasteiger partial charge in [-0.1, -0.05) is 36.0 Å². The first kappa shape index (κ1) is 18.6. The molecule has 2 aromatic carbocycles. The van der Waals surface area contributed by atoms with Gasteiger partial charge in [0.15, 0.2) is 6.61 Å². The Balaban J connectivity index is 1.52. The van der Waals surface area contributed by atoms with E-state index < -0.39 is 0 Å². The number of ether oxygens (including phenoxy) is 2. The van der Waals surface area contributed by atoms with Gasteiger partial charge in [0.2, 0.25) is 0 Å². The number of anilines is 1. The highest BCUT2D eigenvalue weighted by molar-refractivity contribution is 7.80. The summed E-state index contributed by atoms with van der Waals surface area (Å²) in [6.07, 6.45) is 0. The van der Waals surface area contributed by atoms with E-state index in [1.54, 1.807) is 24.3 Å². The van der Waals surface area contributed by atoms with Crippen LogP contribution in [0.15, 0.2) is 48.5 Å². The molecule has 0 aromatic heterocycles. The number of para-hydroxylation sites is 1. The topological polar surface area (TPSA) is 50.8 Å². The number of benzene rings is 2. The van der Waals surface area contributed by atoms with Crippen LogP contribution in [0.3, 0.4) is 0 Å². The molecule has 7 heteroatoms. The van der Waals surface area contributed by atoms with Gasteiger partial charge in [0.05, 0.1) is 23.9 Å². The highest BCUT2D eigenvalue weighted by atomic mass is 35.5. The number of hydrogen-bond donors (Lipinski definition) is 1. The smallest absolute Gasteiger partial charge is 0.262 e. The Hall–Kier alpha value is -2.15. The molecule has 3 rings (SSSR count). The Morgan fingerprint density at radius 1 is 1.15 bits per heavy atom. The number of morpholine rings is 1. The van der Waals surface area contributed by atoms with Gasteiger partial charge in [0.25, 0.3) is 5.91 Å². The first-order valence-electron chi connectivity index (χ1n) is 8.28. The first-order valence-corrected chi connectivity index (χ1v) is 9.06. The second-order valence-corrected chi connectivity index (χ2v) is 6.54. The second kappa shape index (κ2) is 8.98. The fraction of sp³-hybridized carbons (Fsp3) is 0.263. The zero-order valence-electron chi connectivity index (χ0n) is 14.1. The average molecular weight is 391 g/mol. The Bertz CT molecular complexity index is 777. The van der Waals surface area contributed by atoms with E-state index in [-0.39, 0.29) is 12.5 Å². The highest BCUT2D eigenvalue weighted by Gasteiger charge is 2.15. The van der Waals surface area contributed by atoms with Crippen LogP contribution in [0.5, 0.6) is 5.75 Å². The molecule has 0 bridgehead atoms. The third-order valence-corrected chi connectivity index (χ3v) is 4.74. The van der Waals surface area contributed by atoms with Crippen molar-refractivity contribution in [2.45, 2.75) is 0 Å². The van der Waals surface area contributed by atoms with Gasteiger partial charge in [-0.3, -0.25) is 4.79 Å². The van der Waals surface area contributed by atoms with Crippen molar-refractivity contribution in [1.82, 2.24) is 4.90 Å². The van der Waals surface area contributed by atoms with Crippen molar-refractivity contribution in [2.24, 2.45) is 0 Å². The van der Waals surface area contributed by atoms with Gasteiger partial charge in [0.1, 0.15) is 10.7 Å². The van der Waals surface area contributed by atoms with Crippen molar-refractivity contribution in [3.8, 4) is 5.75 Å². The van der Waals surface area contributed by atoms with E-state index in [1.165, 1.54) is 0 Å². The number of halogens is 1. The SMILES string of the molecule is O=C(COc1ccc(C(=S)N2CCOCC2)cc1)Nc1ccccc1Cl. The number of rotatable bonds is 5. The maximum absolute atomic E-state index is 12.0. The van der Waals surface area contributed by atoms with Crippen LogP contribution in [0.25, 0.3) is 0 Å². The molecule has 1 saturated heterocycles. The molecule has 0 atom stereocenters. The van der Waals surface area contributed by atoms with Crippen LogP contribution < -0.4 is 10.1 Å². The van der Waals surface area contributed by atoms with E-state index in [4.69, 9.17) is 33.3 Å². The van der Waals surface area contributed by atoms with Crippen molar-refractivity contribution in [1.29, 1.82) is 0 Å². The van der Waals surface area contributed by atoms with E-state index in [9.17, 15) is 4.79 Å². The summed E-state index contributed by atoms with van der Waals surface area (Å²) < 4.78 is 10.9. The summed E-state index contributed by atoms with van der Waals surface area (Å²) >= 11 is 11.5. The molecule has 0 saturated carbocycles. The molecular weight excluding hydrogens is 372 g/mol. The molecule has 0 spiro atoms. The molecule has 26 heavy (non-hydrogen) atoms. The van der Waals surface area contributed by atoms with Crippen LogP contribution in [0.2, 0.25) is 5.02 Å². The number of nitrogens with zero attached hydrogens (tertiary/aromatic N) is 1. The van der Waals surface area contributed by atoms with E-state index in [2.05, 4.69) is 10.2 Å². The number of hydrogen-bond acceptors (Lipinski definition) is 4. The minimum atomic E-state index is -0.272. The summed E-state index contributed by atoms with van der Waals surface area (Å²) in [5, 5.41) is 3.21. The Labute approximate surface area is 162 Å². The fourth-order valence-corrected chi connectivity index (χ4v) is 3.04. The molecule has 1 aliphatic rings. The normalized spacial score (nSPS) is 14.0. The largest absolute Gasteiger partial charge is 0.484 e. The molecular formula is C19H19ClN2O3S. The van der Waals surface area contributed by atoms with Crippen LogP contribution in [0.1, 0.15) is 5.56 Å². The minimum Gasteiger partial charge on any atom is -0.484 e. The van der Waals surface area contributed by atoms with Crippen molar-refractivity contribution in [3.05, 3.63) is 59.1 Å². The molecule has 1 amide bonds. The lowest BCUT2D eigenvalue weighted by Gasteiger charge is -2.29. The third-order valence-electron chi connectivity index (χ3n) is 3.92. The van der Waals surface area contributed by atoms with Gasteiger partial charge in [-0.05, 0) is 36.4 Å². The lowest BCUT2D eigenvalue weighted by Crippen LogP contribution is -2.40. The lowest BCUT2D eigenvalue weighted by atomic mass is 10.2. The van der Waals surface area contributed by atoms with Gasteiger partial charge < -0.3 is 19.7 Å². The molecule has 0 radical (unpaired) electrons. The zero-order chi connectivity index (χ0) is 18.4. The summed E-state index contributed by atoms with van der Waals surface area (Å²) in [5.74, 6) is 0.332. The quantitative estimate of drug-likeness (QED) is 0.793. The second-order valence-electron chi connectivity index (χ2n) is 5.75. The molecule has 2 aromatic rings. The zero-order valence-corrected chi connectivity index (χ0v) is 15.7. The Kier molecular flexibility index (Phi) is 6.44. The van der Waals surface area contributed by atoms with Crippen LogP contribution in [-0.2, 0) is 9.53 Å². The monoisotopic (exact) mass is 390 g/mol. The fourth-order valence-electron chi connectivity index (χ4n) is 2.54. The third kappa shape index (κ3) is 4.94. The van der Waals surface area contributed by atoms with Gasteiger partial charge in [0, 0.05) is 18.7 Å². The standard InChI is InChI=1S/C19H19ClN2O3S/c20-16-3-1-2-4-17(16)21-18(23)13-25-15-7-5-14(6-8-15)19(26)22-9-11-24-12-10-22/h1-8H,9-13H2,(H,21,23). The number of nitrogens with one attached hydrogen (secondary N) is 1. The molecule has 1 fully saturated rings. The van der Waals surface area contributed by atoms with Gasteiger partial charge in [-0.25, -0.2) is 0 Å². The first-order chi connectivity index (χ1) is 12.6. The highest BCUT2D eigenvalue weighted by Crippen LogP contribution is 2.20. The molecule has 1 heterocycles. The molecule has 1 N–H and O–H groups in total. The van der Waals surface area contributed by atoms with Gasteiger partial charge in [-0.2, -0.15) is 0 Å². The number of thiocarbonyl (C=S) groups is 1. The van der Waals surface area contributed by atoms with Crippen molar-refractivity contribution < 1.29 is 14.3 Å². The van der Waals surface area contributed by atoms with Crippen molar-refractivity contribution in [3.63, 3.8) is 0 Å². The molecule has 0 unspecified atom stereocenters. The maximum Gasteiger partial charge on any atom is 0.262 e. The van der Waals surface area contributed by atoms with E-state index >= 15 is 0 Å². The van der Waals surface area contributed by atoms with Crippen LogP contribution in [0, 0.1) is 0 Å². The summed E-state index contributed by atoms with van der Waals surface area (Å²) in [6, 6.07) is 14.5. The van der Waals surface area contributed by atoms with E-state index in [1.807, 2.05) is 24.3 Å². The minimum absolute atomic E-state index is 0.0987. The Morgan fingerprint density at radius 3 is 2.54 bits per heavy atom. The number of carbonyl (C=O) groups is 1. The molecule has 0 aliphatic carbocycles. The van der Waals surface area contributed by atoms with E-state index in [0.717, 1.165) is 23.6 Å². The van der Waals surface area contributed by atoms with Crippen molar-refractivity contribution >= 4 is 40.4 Å². The predicted octanol–water partition coefficient (Wildman–Crippen LogP) is 3.37. The molecule has 5 nitrogen and oxygen atoms in total. The lowest BCUT2D eigenvalue weighted by molar-refractivity contribution is -0.118. The molecule has 1 aliphatic heterocycles. The van der Waals surface area contributed by atoms with Crippen LogP contribution in [0.4, 0.5) is 5.69 Å². The van der Waals surface area contributed by atoms with Gasteiger partial charge in [-0.15, -0.1) is 0 Å². The number of amides is 1. The predicted molar refractivity (Wildman–Crippen MR) is 106 cm³/mol. The summed E-state index contributed by atoms with van der Waals surface area (Å²) in [5.41, 5.74) is 1.52. The maximum atomic E-state index is 12.0. The summed E-state index contributed by atoms with van der Waals surface area (Å²) in [4.78, 5) is 14.9. The summed E-state index contributed by atoms with van der Waals surface area (Å²) in [6.45, 7) is 2.90. The summed E-state index contributed by atoms with van der Waals surface area (Å²) in [7, 11) is 0.